The molecule has 64 valence electrons. The van der Waals surface area contributed by atoms with Crippen LogP contribution in [0.5, 0.6) is 0 Å². The number of nitrogens with two attached hydrogens (primary N) is 1. The molecule has 1 aliphatic carbocycles. The molecule has 3 N–H and O–H groups in total. The van der Waals surface area contributed by atoms with Crippen molar-refractivity contribution in [2.45, 2.75) is 32.2 Å². The first-order valence-corrected chi connectivity index (χ1v) is 3.98. The van der Waals surface area contributed by atoms with E-state index in [1.54, 1.807) is 6.92 Å². The molecular weight excluding hydrogens is 142 g/mol. The van der Waals surface area contributed by atoms with E-state index >= 15 is 0 Å². The second-order valence-corrected chi connectivity index (χ2v) is 3.70. The van der Waals surface area contributed by atoms with Crippen LogP contribution in [0.25, 0.3) is 0 Å². The van der Waals surface area contributed by atoms with Crippen LogP contribution in [0.4, 0.5) is 0 Å². The van der Waals surface area contributed by atoms with Gasteiger partial charge >= 0.3 is 5.97 Å². The summed E-state index contributed by atoms with van der Waals surface area (Å²) in [6.45, 7) is 3.52. The molecule has 1 saturated carbocycles. The SMILES string of the molecule is CC(C(=O)O)C(C)(N)C1CC1. The van der Waals surface area contributed by atoms with E-state index in [9.17, 15) is 4.79 Å². The van der Waals surface area contributed by atoms with Crippen LogP contribution in [0.1, 0.15) is 26.7 Å². The molecule has 2 atom stereocenters. The second-order valence-electron chi connectivity index (χ2n) is 3.70. The van der Waals surface area contributed by atoms with Gasteiger partial charge in [0.25, 0.3) is 0 Å². The molecule has 0 radical (unpaired) electrons. The third kappa shape index (κ3) is 1.53. The highest BCUT2D eigenvalue weighted by atomic mass is 16.4. The molecule has 11 heavy (non-hydrogen) atoms. The van der Waals surface area contributed by atoms with Crippen LogP contribution >= 0.6 is 0 Å². The second kappa shape index (κ2) is 2.48. The number of rotatable bonds is 3. The van der Waals surface area contributed by atoms with Crippen molar-refractivity contribution in [1.82, 2.24) is 0 Å². The third-order valence-electron chi connectivity index (χ3n) is 2.76. The maximum atomic E-state index is 10.6. The first-order valence-electron chi connectivity index (χ1n) is 3.98. The van der Waals surface area contributed by atoms with E-state index in [1.165, 1.54) is 0 Å². The minimum Gasteiger partial charge on any atom is -0.481 e. The molecule has 1 aliphatic rings. The molecule has 0 aromatic heterocycles. The van der Waals surface area contributed by atoms with Gasteiger partial charge in [0.05, 0.1) is 5.92 Å². The standard InChI is InChI=1S/C8H15NO2/c1-5(7(10)11)8(2,9)6-3-4-6/h5-6H,3-4,9H2,1-2H3,(H,10,11). The van der Waals surface area contributed by atoms with Gasteiger partial charge in [0.1, 0.15) is 0 Å². The number of aliphatic carboxylic acids is 1. The lowest BCUT2D eigenvalue weighted by atomic mass is 9.83. The average Bonchev–Trinajstić information content (AvgIpc) is 2.66. The number of hydrogen-bond acceptors (Lipinski definition) is 2. The Morgan fingerprint density at radius 1 is 1.73 bits per heavy atom. The lowest BCUT2D eigenvalue weighted by molar-refractivity contribution is -0.143. The highest BCUT2D eigenvalue weighted by molar-refractivity contribution is 5.71. The van der Waals surface area contributed by atoms with Crippen LogP contribution in [-0.4, -0.2) is 16.6 Å². The zero-order valence-corrected chi connectivity index (χ0v) is 7.00. The van der Waals surface area contributed by atoms with Gasteiger partial charge in [-0.1, -0.05) is 6.92 Å². The molecule has 0 bridgehead atoms. The monoisotopic (exact) mass is 157 g/mol. The highest BCUT2D eigenvalue weighted by Gasteiger charge is 2.44. The quantitative estimate of drug-likeness (QED) is 0.638. The van der Waals surface area contributed by atoms with Crippen molar-refractivity contribution in [3.05, 3.63) is 0 Å². The molecule has 0 aromatic carbocycles. The Morgan fingerprint density at radius 2 is 2.18 bits per heavy atom. The molecule has 0 heterocycles. The Kier molecular flexibility index (Phi) is 1.92. The third-order valence-corrected chi connectivity index (χ3v) is 2.76. The normalized spacial score (nSPS) is 25.7. The van der Waals surface area contributed by atoms with Gasteiger partial charge in [-0.05, 0) is 25.7 Å². The van der Waals surface area contributed by atoms with Crippen LogP contribution in [0.3, 0.4) is 0 Å². The predicted molar refractivity (Wildman–Crippen MR) is 42.1 cm³/mol. The van der Waals surface area contributed by atoms with Crippen molar-refractivity contribution in [3.8, 4) is 0 Å². The minimum atomic E-state index is -0.790. The van der Waals surface area contributed by atoms with Crippen LogP contribution in [0, 0.1) is 11.8 Å². The van der Waals surface area contributed by atoms with Crippen molar-refractivity contribution in [2.75, 3.05) is 0 Å². The number of hydrogen-bond donors (Lipinski definition) is 2. The van der Waals surface area contributed by atoms with Gasteiger partial charge in [-0.25, -0.2) is 0 Å². The van der Waals surface area contributed by atoms with Gasteiger partial charge in [0, 0.05) is 5.54 Å². The van der Waals surface area contributed by atoms with E-state index in [-0.39, 0.29) is 0 Å². The van der Waals surface area contributed by atoms with Gasteiger partial charge in [-0.2, -0.15) is 0 Å². The van der Waals surface area contributed by atoms with Crippen LogP contribution in [-0.2, 0) is 4.79 Å². The average molecular weight is 157 g/mol. The van der Waals surface area contributed by atoms with E-state index < -0.39 is 17.4 Å². The molecular formula is C8H15NO2. The summed E-state index contributed by atoms with van der Waals surface area (Å²) in [6.07, 6.45) is 2.18. The minimum absolute atomic E-state index is 0.425. The van der Waals surface area contributed by atoms with Gasteiger partial charge in [0.15, 0.2) is 0 Å². The molecule has 3 heteroatoms. The summed E-state index contributed by atoms with van der Waals surface area (Å²) in [5.41, 5.74) is 5.38. The molecule has 0 aromatic rings. The molecule has 3 nitrogen and oxygen atoms in total. The van der Waals surface area contributed by atoms with Crippen molar-refractivity contribution in [3.63, 3.8) is 0 Å². The van der Waals surface area contributed by atoms with Crippen LogP contribution in [0.2, 0.25) is 0 Å². The summed E-state index contributed by atoms with van der Waals surface area (Å²) < 4.78 is 0. The molecule has 2 unspecified atom stereocenters. The lowest BCUT2D eigenvalue weighted by Crippen LogP contribution is -2.48. The topological polar surface area (TPSA) is 63.3 Å². The Morgan fingerprint density at radius 3 is 2.45 bits per heavy atom. The van der Waals surface area contributed by atoms with E-state index in [4.69, 9.17) is 10.8 Å². The number of carbonyl (C=O) groups is 1. The van der Waals surface area contributed by atoms with Crippen molar-refractivity contribution in [2.24, 2.45) is 17.6 Å². The molecule has 0 saturated heterocycles. The van der Waals surface area contributed by atoms with Crippen molar-refractivity contribution >= 4 is 5.97 Å². The molecule has 0 spiro atoms. The predicted octanol–water partition coefficient (Wildman–Crippen LogP) is 0.834. The molecule has 1 fully saturated rings. The summed E-state index contributed by atoms with van der Waals surface area (Å²) >= 11 is 0. The molecule has 0 aliphatic heterocycles. The summed E-state index contributed by atoms with van der Waals surface area (Å²) in [5.74, 6) is -0.800. The summed E-state index contributed by atoms with van der Waals surface area (Å²) in [7, 11) is 0. The smallest absolute Gasteiger partial charge is 0.308 e. The Balaban J connectivity index is 2.61. The Hall–Kier alpha value is -0.570. The Labute approximate surface area is 66.6 Å². The van der Waals surface area contributed by atoms with Crippen LogP contribution in [0.15, 0.2) is 0 Å². The van der Waals surface area contributed by atoms with Crippen LogP contribution < -0.4 is 5.73 Å². The number of carboxylic acids is 1. The Bertz CT molecular complexity index is 173. The largest absolute Gasteiger partial charge is 0.481 e. The van der Waals surface area contributed by atoms with Gasteiger partial charge < -0.3 is 10.8 Å². The van der Waals surface area contributed by atoms with E-state index in [2.05, 4.69) is 0 Å². The van der Waals surface area contributed by atoms with Crippen molar-refractivity contribution < 1.29 is 9.90 Å². The van der Waals surface area contributed by atoms with Gasteiger partial charge in [-0.15, -0.1) is 0 Å². The van der Waals surface area contributed by atoms with Gasteiger partial charge in [-0.3, -0.25) is 4.79 Å². The van der Waals surface area contributed by atoms with Crippen molar-refractivity contribution in [1.29, 1.82) is 0 Å². The van der Waals surface area contributed by atoms with E-state index in [0.29, 0.717) is 5.92 Å². The molecule has 0 amide bonds. The first kappa shape index (κ1) is 8.53. The van der Waals surface area contributed by atoms with Gasteiger partial charge in [0.2, 0.25) is 0 Å². The fraction of sp³-hybridized carbons (Fsp3) is 0.875. The summed E-state index contributed by atoms with van der Waals surface area (Å²) in [4.78, 5) is 10.6. The fourth-order valence-electron chi connectivity index (χ4n) is 1.32. The zero-order valence-electron chi connectivity index (χ0n) is 7.00. The summed E-state index contributed by atoms with van der Waals surface area (Å²) in [6, 6.07) is 0. The number of carboxylic acid groups (broad SMARTS) is 1. The first-order chi connectivity index (χ1) is 4.96. The van der Waals surface area contributed by atoms with E-state index in [0.717, 1.165) is 12.8 Å². The maximum absolute atomic E-state index is 10.6. The maximum Gasteiger partial charge on any atom is 0.308 e. The zero-order chi connectivity index (χ0) is 8.65. The molecule has 1 rings (SSSR count). The van der Waals surface area contributed by atoms with E-state index in [1.807, 2.05) is 6.92 Å². The highest BCUT2D eigenvalue weighted by Crippen LogP contribution is 2.41. The fourth-order valence-corrected chi connectivity index (χ4v) is 1.32. The lowest BCUT2D eigenvalue weighted by Gasteiger charge is -2.28. The summed E-state index contributed by atoms with van der Waals surface area (Å²) in [5, 5.41) is 8.71.